The van der Waals surface area contributed by atoms with Gasteiger partial charge in [0.05, 0.1) is 0 Å². The molecule has 0 bridgehead atoms. The first-order valence-corrected chi connectivity index (χ1v) is 9.11. The Hall–Kier alpha value is -2.63. The van der Waals surface area contributed by atoms with E-state index < -0.39 is 11.3 Å². The van der Waals surface area contributed by atoms with Gasteiger partial charge in [0.15, 0.2) is 0 Å². The van der Waals surface area contributed by atoms with Crippen molar-refractivity contribution in [1.82, 2.24) is 9.55 Å². The summed E-state index contributed by atoms with van der Waals surface area (Å²) in [5, 5.41) is 0.325. The van der Waals surface area contributed by atoms with Crippen molar-refractivity contribution >= 4 is 11.1 Å². The van der Waals surface area contributed by atoms with Crippen molar-refractivity contribution < 1.29 is 4.42 Å². The lowest BCUT2D eigenvalue weighted by molar-refractivity contribution is 0.297. The minimum Gasteiger partial charge on any atom is -0.405 e. The Bertz CT molecular complexity index is 1030. The number of rotatable bonds is 6. The molecule has 0 unspecified atom stereocenters. The molecule has 0 amide bonds. The van der Waals surface area contributed by atoms with E-state index in [1.807, 2.05) is 19.1 Å². The van der Waals surface area contributed by atoms with E-state index in [2.05, 4.69) is 18.0 Å². The highest BCUT2D eigenvalue weighted by molar-refractivity contribution is 5.75. The Labute approximate surface area is 150 Å². The SMILES string of the molecule is C/C=C\C=C(/C)CCCc1cc(=O)oc2[nH]c(=O)n(C3CCC3)c(=O)c12. The largest absolute Gasteiger partial charge is 0.405 e. The number of fused-ring (bicyclic) bond motifs is 1. The molecule has 6 nitrogen and oxygen atoms in total. The normalized spacial score (nSPS) is 15.7. The van der Waals surface area contributed by atoms with E-state index in [0.717, 1.165) is 32.1 Å². The molecule has 0 spiro atoms. The average Bonchev–Trinajstić information content (AvgIpc) is 2.54. The Morgan fingerprint density at radius 2 is 2.12 bits per heavy atom. The van der Waals surface area contributed by atoms with Crippen LogP contribution in [0.5, 0.6) is 0 Å². The van der Waals surface area contributed by atoms with Gasteiger partial charge in [0.1, 0.15) is 5.39 Å². The minimum absolute atomic E-state index is 0.0146. The smallest absolute Gasteiger partial charge is 0.337 e. The van der Waals surface area contributed by atoms with Gasteiger partial charge in [0.2, 0.25) is 5.71 Å². The number of aryl methyl sites for hydroxylation is 1. The standard InChI is InChI=1S/C20H24N2O4/c1-3-4-7-13(2)8-5-9-14-12-16(23)26-18-17(14)19(24)22(20(25)21-18)15-10-6-11-15/h3-4,7,12,15H,5-6,8-11H2,1-2H3,(H,21,25)/b4-3-,13-7+. The first kappa shape index (κ1) is 18.2. The third-order valence-corrected chi connectivity index (χ3v) is 4.95. The molecule has 2 aromatic heterocycles. The molecule has 26 heavy (non-hydrogen) atoms. The number of aromatic nitrogens is 2. The van der Waals surface area contributed by atoms with Crippen LogP contribution in [-0.2, 0) is 6.42 Å². The van der Waals surface area contributed by atoms with E-state index >= 15 is 0 Å². The highest BCUT2D eigenvalue weighted by Crippen LogP contribution is 2.29. The summed E-state index contributed by atoms with van der Waals surface area (Å²) in [5.74, 6) is 0. The molecule has 2 heterocycles. The molecule has 1 N–H and O–H groups in total. The molecule has 6 heteroatoms. The van der Waals surface area contributed by atoms with Crippen LogP contribution in [0.15, 0.2) is 48.7 Å². The molecule has 1 saturated carbocycles. The third-order valence-electron chi connectivity index (χ3n) is 4.95. The lowest BCUT2D eigenvalue weighted by Crippen LogP contribution is -2.41. The van der Waals surface area contributed by atoms with Crippen molar-refractivity contribution in [2.45, 2.75) is 58.4 Å². The second kappa shape index (κ2) is 7.72. The number of H-pyrrole nitrogens is 1. The maximum Gasteiger partial charge on any atom is 0.337 e. The van der Waals surface area contributed by atoms with E-state index in [1.54, 1.807) is 0 Å². The lowest BCUT2D eigenvalue weighted by atomic mass is 9.93. The molecule has 0 aromatic carbocycles. The Kier molecular flexibility index (Phi) is 5.40. The van der Waals surface area contributed by atoms with E-state index in [4.69, 9.17) is 4.42 Å². The topological polar surface area (TPSA) is 85.1 Å². The molecule has 138 valence electrons. The first-order chi connectivity index (χ1) is 12.5. The van der Waals surface area contributed by atoms with Crippen LogP contribution in [0.2, 0.25) is 0 Å². The fourth-order valence-corrected chi connectivity index (χ4v) is 3.31. The second-order valence-corrected chi connectivity index (χ2v) is 6.88. The summed E-state index contributed by atoms with van der Waals surface area (Å²) in [7, 11) is 0. The van der Waals surface area contributed by atoms with Crippen LogP contribution in [0.3, 0.4) is 0 Å². The van der Waals surface area contributed by atoms with Crippen LogP contribution >= 0.6 is 0 Å². The quantitative estimate of drug-likeness (QED) is 0.805. The highest BCUT2D eigenvalue weighted by atomic mass is 16.4. The van der Waals surface area contributed by atoms with Crippen LogP contribution in [0.4, 0.5) is 0 Å². The molecular weight excluding hydrogens is 332 g/mol. The molecule has 0 atom stereocenters. The van der Waals surface area contributed by atoms with Crippen molar-refractivity contribution in [3.63, 3.8) is 0 Å². The predicted molar refractivity (Wildman–Crippen MR) is 102 cm³/mol. The van der Waals surface area contributed by atoms with Gasteiger partial charge < -0.3 is 4.42 Å². The zero-order valence-electron chi connectivity index (χ0n) is 15.2. The molecule has 3 rings (SSSR count). The third kappa shape index (κ3) is 3.64. The van der Waals surface area contributed by atoms with Gasteiger partial charge in [-0.05, 0) is 57.9 Å². The molecule has 2 aromatic rings. The van der Waals surface area contributed by atoms with E-state index in [-0.39, 0.29) is 17.3 Å². The predicted octanol–water partition coefficient (Wildman–Crippen LogP) is 3.21. The van der Waals surface area contributed by atoms with Crippen molar-refractivity contribution in [3.8, 4) is 0 Å². The van der Waals surface area contributed by atoms with Crippen LogP contribution in [0.1, 0.15) is 57.6 Å². The average molecular weight is 356 g/mol. The first-order valence-electron chi connectivity index (χ1n) is 9.11. The highest BCUT2D eigenvalue weighted by Gasteiger charge is 2.25. The number of hydrogen-bond donors (Lipinski definition) is 1. The Morgan fingerprint density at radius 1 is 1.35 bits per heavy atom. The summed E-state index contributed by atoms with van der Waals surface area (Å²) in [6, 6.07) is 1.32. The van der Waals surface area contributed by atoms with Crippen LogP contribution in [0, 0.1) is 0 Å². The minimum atomic E-state index is -0.551. The summed E-state index contributed by atoms with van der Waals surface area (Å²) in [6.45, 7) is 4.02. The van der Waals surface area contributed by atoms with E-state index in [1.165, 1.54) is 16.2 Å². The Balaban J connectivity index is 1.98. The van der Waals surface area contributed by atoms with Gasteiger partial charge in [-0.25, -0.2) is 9.59 Å². The number of nitrogens with one attached hydrogen (secondary N) is 1. The summed E-state index contributed by atoms with van der Waals surface area (Å²) in [6.07, 6.45) is 10.9. The molecule has 1 aliphatic rings. The lowest BCUT2D eigenvalue weighted by Gasteiger charge is -2.26. The number of aromatic amines is 1. The van der Waals surface area contributed by atoms with Crippen molar-refractivity contribution in [2.24, 2.45) is 0 Å². The van der Waals surface area contributed by atoms with Gasteiger partial charge in [-0.1, -0.05) is 23.8 Å². The van der Waals surface area contributed by atoms with Crippen molar-refractivity contribution in [3.05, 3.63) is 66.7 Å². The molecule has 1 fully saturated rings. The van der Waals surface area contributed by atoms with Gasteiger partial charge in [0, 0.05) is 12.1 Å². The number of nitrogens with zero attached hydrogens (tertiary/aromatic N) is 1. The second-order valence-electron chi connectivity index (χ2n) is 6.88. The molecule has 0 saturated heterocycles. The van der Waals surface area contributed by atoms with Crippen LogP contribution in [-0.4, -0.2) is 9.55 Å². The molecule has 0 radical (unpaired) electrons. The van der Waals surface area contributed by atoms with Crippen molar-refractivity contribution in [2.75, 3.05) is 0 Å². The van der Waals surface area contributed by atoms with Gasteiger partial charge in [0.25, 0.3) is 5.56 Å². The summed E-state index contributed by atoms with van der Waals surface area (Å²) in [5.41, 5.74) is 0.454. The van der Waals surface area contributed by atoms with Crippen molar-refractivity contribution in [1.29, 1.82) is 0 Å². The summed E-state index contributed by atoms with van der Waals surface area (Å²) >= 11 is 0. The van der Waals surface area contributed by atoms with E-state index in [0.29, 0.717) is 17.4 Å². The monoisotopic (exact) mass is 356 g/mol. The van der Waals surface area contributed by atoms with Gasteiger partial charge in [-0.15, -0.1) is 0 Å². The van der Waals surface area contributed by atoms with Gasteiger partial charge in [-0.2, -0.15) is 0 Å². The van der Waals surface area contributed by atoms with Crippen LogP contribution < -0.4 is 16.9 Å². The van der Waals surface area contributed by atoms with Gasteiger partial charge in [-0.3, -0.25) is 14.3 Å². The maximum absolute atomic E-state index is 12.9. The fourth-order valence-electron chi connectivity index (χ4n) is 3.31. The molecule has 1 aliphatic carbocycles. The zero-order chi connectivity index (χ0) is 18.7. The fraction of sp³-hybridized carbons (Fsp3) is 0.450. The van der Waals surface area contributed by atoms with E-state index in [9.17, 15) is 14.4 Å². The maximum atomic E-state index is 12.9. The summed E-state index contributed by atoms with van der Waals surface area (Å²) < 4.78 is 6.37. The Morgan fingerprint density at radius 3 is 2.77 bits per heavy atom. The molecule has 0 aliphatic heterocycles. The molecular formula is C20H24N2O4. The summed E-state index contributed by atoms with van der Waals surface area (Å²) in [4.78, 5) is 39.6. The number of hydrogen-bond acceptors (Lipinski definition) is 4. The van der Waals surface area contributed by atoms with Crippen LogP contribution in [0.25, 0.3) is 11.1 Å². The van der Waals surface area contributed by atoms with Gasteiger partial charge >= 0.3 is 11.3 Å². The number of allylic oxidation sites excluding steroid dienone is 4. The zero-order valence-corrected chi connectivity index (χ0v) is 15.2.